The molecule has 0 aromatic heterocycles. The molecule has 0 unspecified atom stereocenters. The molecule has 2 heterocycles. The summed E-state index contributed by atoms with van der Waals surface area (Å²) in [7, 11) is 0. The first-order chi connectivity index (χ1) is 12.7. The van der Waals surface area contributed by atoms with Gasteiger partial charge in [-0.2, -0.15) is 0 Å². The number of carbonyl (C=O) groups is 5. The Balaban J connectivity index is 2.10. The SMILES string of the molecule is CC(=O)S[C@H]1C(=O)N[C@]2(Oc3ccccc3[C@@H]2SC(C)=O)C(=O)N1C(C)=O. The summed E-state index contributed by atoms with van der Waals surface area (Å²) in [5.74, 6) is -1.89. The fraction of sp³-hybridized carbons (Fsp3) is 0.353. The highest BCUT2D eigenvalue weighted by molar-refractivity contribution is 8.14. The van der Waals surface area contributed by atoms with Crippen LogP contribution in [0.15, 0.2) is 24.3 Å². The maximum absolute atomic E-state index is 13.3. The lowest BCUT2D eigenvalue weighted by Crippen LogP contribution is -2.73. The maximum atomic E-state index is 13.3. The van der Waals surface area contributed by atoms with Crippen molar-refractivity contribution in [2.75, 3.05) is 0 Å². The Bertz CT molecular complexity index is 873. The molecular weight excluding hydrogens is 392 g/mol. The third-order valence-electron chi connectivity index (χ3n) is 4.05. The van der Waals surface area contributed by atoms with Crippen molar-refractivity contribution in [3.05, 3.63) is 29.8 Å². The number of thioether (sulfide) groups is 2. The lowest BCUT2D eigenvalue weighted by atomic mass is 10.0. The zero-order valence-corrected chi connectivity index (χ0v) is 16.3. The van der Waals surface area contributed by atoms with Crippen LogP contribution in [0.4, 0.5) is 0 Å². The van der Waals surface area contributed by atoms with Gasteiger partial charge < -0.3 is 10.1 Å². The molecule has 0 radical (unpaired) electrons. The van der Waals surface area contributed by atoms with Crippen molar-refractivity contribution in [3.63, 3.8) is 0 Å². The number of benzene rings is 1. The number of carbonyl (C=O) groups excluding carboxylic acids is 5. The molecule has 8 nitrogen and oxygen atoms in total. The predicted molar refractivity (Wildman–Crippen MR) is 98.5 cm³/mol. The van der Waals surface area contributed by atoms with Crippen molar-refractivity contribution in [2.24, 2.45) is 0 Å². The van der Waals surface area contributed by atoms with E-state index in [1.54, 1.807) is 24.3 Å². The van der Waals surface area contributed by atoms with Gasteiger partial charge in [0.15, 0.2) is 15.6 Å². The number of imide groups is 1. The molecule has 10 heteroatoms. The summed E-state index contributed by atoms with van der Waals surface area (Å²) in [6.45, 7) is 3.71. The van der Waals surface area contributed by atoms with Gasteiger partial charge in [-0.15, -0.1) is 0 Å². The Morgan fingerprint density at radius 3 is 2.30 bits per heavy atom. The van der Waals surface area contributed by atoms with E-state index in [1.807, 2.05) is 0 Å². The van der Waals surface area contributed by atoms with E-state index in [0.717, 1.165) is 23.6 Å². The number of ether oxygens (including phenoxy) is 1. The number of hydrogen-bond acceptors (Lipinski definition) is 8. The van der Waals surface area contributed by atoms with Crippen molar-refractivity contribution in [1.82, 2.24) is 10.2 Å². The van der Waals surface area contributed by atoms with E-state index in [-0.39, 0.29) is 5.12 Å². The van der Waals surface area contributed by atoms with Gasteiger partial charge in [-0.25, -0.2) is 0 Å². The van der Waals surface area contributed by atoms with Crippen LogP contribution in [0.25, 0.3) is 0 Å². The molecule has 142 valence electrons. The Hall–Kier alpha value is -2.33. The van der Waals surface area contributed by atoms with Crippen LogP contribution in [0.2, 0.25) is 0 Å². The van der Waals surface area contributed by atoms with Crippen LogP contribution in [-0.4, -0.2) is 44.0 Å². The summed E-state index contributed by atoms with van der Waals surface area (Å²) in [5.41, 5.74) is -1.37. The van der Waals surface area contributed by atoms with E-state index in [1.165, 1.54) is 13.8 Å². The van der Waals surface area contributed by atoms with E-state index >= 15 is 0 Å². The number of nitrogens with one attached hydrogen (secondary N) is 1. The average molecular weight is 408 g/mol. The zero-order chi connectivity index (χ0) is 19.9. The minimum atomic E-state index is -1.93. The third-order valence-corrected chi connectivity index (χ3v) is 6.18. The van der Waals surface area contributed by atoms with E-state index in [9.17, 15) is 24.0 Å². The van der Waals surface area contributed by atoms with Gasteiger partial charge in [0.2, 0.25) is 5.91 Å². The highest BCUT2D eigenvalue weighted by Crippen LogP contribution is 2.52. The van der Waals surface area contributed by atoms with Crippen molar-refractivity contribution in [1.29, 1.82) is 0 Å². The van der Waals surface area contributed by atoms with Gasteiger partial charge in [0.1, 0.15) is 11.0 Å². The van der Waals surface area contributed by atoms with Gasteiger partial charge in [-0.05, 0) is 6.07 Å². The highest BCUT2D eigenvalue weighted by atomic mass is 32.2. The van der Waals surface area contributed by atoms with Gasteiger partial charge in [0.25, 0.3) is 17.5 Å². The topological polar surface area (TPSA) is 110 Å². The van der Waals surface area contributed by atoms with E-state index in [2.05, 4.69) is 5.32 Å². The molecule has 1 aromatic carbocycles. The molecule has 27 heavy (non-hydrogen) atoms. The summed E-state index contributed by atoms with van der Waals surface area (Å²) in [4.78, 5) is 62.2. The first-order valence-electron chi connectivity index (χ1n) is 7.96. The molecular formula is C17H16N2O6S2. The second-order valence-corrected chi connectivity index (χ2v) is 8.55. The molecule has 1 spiro atoms. The van der Waals surface area contributed by atoms with E-state index < -0.39 is 39.2 Å². The Labute approximate surface area is 163 Å². The number of hydrogen-bond donors (Lipinski definition) is 1. The second kappa shape index (κ2) is 7.01. The third kappa shape index (κ3) is 3.23. The monoisotopic (exact) mass is 408 g/mol. The van der Waals surface area contributed by atoms with Crippen molar-refractivity contribution in [2.45, 2.75) is 37.1 Å². The number of nitrogens with zero attached hydrogens (tertiary/aromatic N) is 1. The molecule has 1 aromatic rings. The highest BCUT2D eigenvalue weighted by Gasteiger charge is 2.63. The minimum Gasteiger partial charge on any atom is -0.457 e. The lowest BCUT2D eigenvalue weighted by Gasteiger charge is -2.43. The van der Waals surface area contributed by atoms with Gasteiger partial charge in [-0.3, -0.25) is 28.9 Å². The van der Waals surface area contributed by atoms with Gasteiger partial charge in [0.05, 0.1) is 0 Å². The van der Waals surface area contributed by atoms with Gasteiger partial charge in [0, 0.05) is 26.3 Å². The van der Waals surface area contributed by atoms with Crippen LogP contribution in [0, 0.1) is 0 Å². The number of piperazine rings is 1. The maximum Gasteiger partial charge on any atom is 0.298 e. The molecule has 3 amide bonds. The molecule has 2 aliphatic heterocycles. The van der Waals surface area contributed by atoms with Crippen LogP contribution in [0.5, 0.6) is 5.75 Å². The summed E-state index contributed by atoms with van der Waals surface area (Å²) < 4.78 is 5.82. The molecule has 0 bridgehead atoms. The first-order valence-corrected chi connectivity index (χ1v) is 9.72. The molecule has 1 fully saturated rings. The average Bonchev–Trinajstić information content (AvgIpc) is 2.86. The zero-order valence-electron chi connectivity index (χ0n) is 14.7. The summed E-state index contributed by atoms with van der Waals surface area (Å²) >= 11 is 1.40. The molecule has 2 aliphatic rings. The second-order valence-electron chi connectivity index (χ2n) is 6.01. The summed E-state index contributed by atoms with van der Waals surface area (Å²) in [6, 6.07) is 6.73. The smallest absolute Gasteiger partial charge is 0.298 e. The fourth-order valence-electron chi connectivity index (χ4n) is 3.07. The van der Waals surface area contributed by atoms with Crippen molar-refractivity contribution < 1.29 is 28.7 Å². The van der Waals surface area contributed by atoms with Gasteiger partial charge >= 0.3 is 0 Å². The number of amides is 3. The van der Waals surface area contributed by atoms with E-state index in [4.69, 9.17) is 4.74 Å². The first kappa shape index (κ1) is 19.4. The molecule has 1 N–H and O–H groups in total. The van der Waals surface area contributed by atoms with Crippen LogP contribution in [-0.2, 0) is 24.0 Å². The van der Waals surface area contributed by atoms with Crippen molar-refractivity contribution >= 4 is 51.5 Å². The Morgan fingerprint density at radius 2 is 1.70 bits per heavy atom. The molecule has 3 rings (SSSR count). The van der Waals surface area contributed by atoms with Crippen LogP contribution >= 0.6 is 23.5 Å². The van der Waals surface area contributed by atoms with Crippen LogP contribution < -0.4 is 10.1 Å². The Morgan fingerprint density at radius 1 is 1.07 bits per heavy atom. The standard InChI is InChI=1S/C17H16N2O6S2/c1-8(20)19-15(27-10(3)22)14(23)18-17(16(19)24)13(26-9(2)21)11-6-4-5-7-12(11)25-17/h4-7,13,15H,1-3H3,(H,18,23)/t13-,15-,17+/m0/s1. The predicted octanol–water partition coefficient (Wildman–Crippen LogP) is 1.21. The van der Waals surface area contributed by atoms with Gasteiger partial charge in [-0.1, -0.05) is 41.7 Å². The number of rotatable bonds is 2. The molecule has 0 saturated carbocycles. The summed E-state index contributed by atoms with van der Waals surface area (Å²) in [5, 5.41) is -0.362. The normalized spacial score (nSPS) is 26.4. The van der Waals surface area contributed by atoms with Crippen LogP contribution in [0.3, 0.4) is 0 Å². The largest absolute Gasteiger partial charge is 0.457 e. The fourth-order valence-corrected chi connectivity index (χ4v) is 4.93. The quantitative estimate of drug-likeness (QED) is 0.778. The molecule has 0 aliphatic carbocycles. The summed E-state index contributed by atoms with van der Waals surface area (Å²) in [6.07, 6.45) is 0. The van der Waals surface area contributed by atoms with E-state index in [0.29, 0.717) is 23.1 Å². The minimum absolute atomic E-state index is 0.281. The molecule has 3 atom stereocenters. The van der Waals surface area contributed by atoms with Crippen molar-refractivity contribution in [3.8, 4) is 5.75 Å². The molecule has 1 saturated heterocycles. The Kier molecular flexibility index (Phi) is 5.04. The number of para-hydroxylation sites is 1. The van der Waals surface area contributed by atoms with Crippen LogP contribution in [0.1, 0.15) is 31.6 Å². The number of fused-ring (bicyclic) bond motifs is 1. The lowest BCUT2D eigenvalue weighted by molar-refractivity contribution is -0.168.